The van der Waals surface area contributed by atoms with Gasteiger partial charge in [-0.15, -0.1) is 0 Å². The maximum atomic E-state index is 8.56. The minimum absolute atomic E-state index is 0. The number of hydrogen-bond acceptors (Lipinski definition) is 1. The molecule has 5 heteroatoms. The topological polar surface area (TPSA) is 57.5 Å². The second-order valence-corrected chi connectivity index (χ2v) is 0.283. The molecule has 2 N–H and O–H groups in total. The van der Waals surface area contributed by atoms with Crippen LogP contribution in [-0.4, -0.2) is 16.4 Å². The Labute approximate surface area is 55.4 Å². The predicted octanol–water partition coefficient (Wildman–Crippen LogP) is 0.217. The Bertz CT molecular complexity index is 33.8. The Kier molecular flexibility index (Phi) is 24.4. The number of rotatable bonds is 0. The molecule has 0 fully saturated rings. The van der Waals surface area contributed by atoms with Crippen LogP contribution < -0.4 is 0 Å². The molecule has 0 saturated heterocycles. The van der Waals surface area contributed by atoms with Gasteiger partial charge in [-0.2, -0.15) is 0 Å². The fraction of sp³-hybridized carbons (Fsp3) is 0. The largest absolute Gasteiger partial charge is 0.503 e. The van der Waals surface area contributed by atoms with E-state index in [4.69, 9.17) is 15.0 Å². The van der Waals surface area contributed by atoms with E-state index in [9.17, 15) is 0 Å². The van der Waals surface area contributed by atoms with E-state index in [-0.39, 0.29) is 33.8 Å². The van der Waals surface area contributed by atoms with Crippen LogP contribution in [0.15, 0.2) is 0 Å². The van der Waals surface area contributed by atoms with E-state index in [1.54, 1.807) is 0 Å². The average molecular weight is 185 g/mol. The summed E-state index contributed by atoms with van der Waals surface area (Å²) in [6.45, 7) is 0. The molecule has 0 aliphatic heterocycles. The van der Waals surface area contributed by atoms with Crippen LogP contribution in [0.25, 0.3) is 0 Å². The van der Waals surface area contributed by atoms with Gasteiger partial charge < -0.3 is 10.2 Å². The third-order valence-corrected chi connectivity index (χ3v) is 0. The summed E-state index contributed by atoms with van der Waals surface area (Å²) >= 11 is 0. The molecule has 2 radical (unpaired) electrons. The molecule has 0 unspecified atom stereocenters. The van der Waals surface area contributed by atoms with Crippen molar-refractivity contribution in [2.24, 2.45) is 0 Å². The first kappa shape index (κ1) is 16.3. The minimum atomic E-state index is -1.83. The van der Waals surface area contributed by atoms with Gasteiger partial charge in [-0.25, -0.2) is 4.79 Å². The minimum Gasteiger partial charge on any atom is -0.450 e. The van der Waals surface area contributed by atoms with Crippen molar-refractivity contribution in [2.75, 3.05) is 0 Å². The monoisotopic (exact) mass is 184 g/mol. The fourth-order valence-corrected chi connectivity index (χ4v) is 0. The molecular weight excluding hydrogens is 182 g/mol. The van der Waals surface area contributed by atoms with Gasteiger partial charge in [-0.05, 0) is 0 Å². The quantitative estimate of drug-likeness (QED) is 0.530. The molecule has 0 bridgehead atoms. The van der Waals surface area contributed by atoms with Crippen molar-refractivity contribution >= 4 is 6.16 Å². The SMILES string of the molecule is O=C(O)O.[Co].[Cu]. The van der Waals surface area contributed by atoms with Crippen LogP contribution in [0.1, 0.15) is 0 Å². The van der Waals surface area contributed by atoms with E-state index in [1.165, 1.54) is 0 Å². The van der Waals surface area contributed by atoms with Crippen molar-refractivity contribution in [1.29, 1.82) is 0 Å². The summed E-state index contributed by atoms with van der Waals surface area (Å²) in [5.41, 5.74) is 0. The summed E-state index contributed by atoms with van der Waals surface area (Å²) in [6.07, 6.45) is -1.83. The van der Waals surface area contributed by atoms with Gasteiger partial charge in [0.2, 0.25) is 0 Å². The fourth-order valence-electron chi connectivity index (χ4n) is 0. The van der Waals surface area contributed by atoms with Crippen LogP contribution in [0.3, 0.4) is 0 Å². The summed E-state index contributed by atoms with van der Waals surface area (Å²) in [4.78, 5) is 8.56. The maximum absolute atomic E-state index is 8.56. The van der Waals surface area contributed by atoms with Crippen molar-refractivity contribution in [3.05, 3.63) is 0 Å². The van der Waals surface area contributed by atoms with E-state index in [0.717, 1.165) is 0 Å². The summed E-state index contributed by atoms with van der Waals surface area (Å²) in [5.74, 6) is 0. The van der Waals surface area contributed by atoms with Gasteiger partial charge in [-0.3, -0.25) is 0 Å². The Balaban J connectivity index is -0.0000000450. The average Bonchev–Trinajstić information content (AvgIpc) is 0.811. The van der Waals surface area contributed by atoms with Crippen LogP contribution in [0, 0.1) is 0 Å². The zero-order valence-electron chi connectivity index (χ0n) is 2.44. The van der Waals surface area contributed by atoms with Gasteiger partial charge in [0.1, 0.15) is 0 Å². The number of carboxylic acid groups (broad SMARTS) is 2. The van der Waals surface area contributed by atoms with Crippen LogP contribution >= 0.6 is 0 Å². The maximum Gasteiger partial charge on any atom is 0.503 e. The summed E-state index contributed by atoms with van der Waals surface area (Å²) in [7, 11) is 0. The molecule has 0 saturated carbocycles. The summed E-state index contributed by atoms with van der Waals surface area (Å²) in [5, 5.41) is 13.9. The standard InChI is InChI=1S/CH2O3.Co.Cu/c2-1(3)4;;/h(H2,2,3,4);;. The van der Waals surface area contributed by atoms with Gasteiger partial charge in [0.05, 0.1) is 0 Å². The van der Waals surface area contributed by atoms with E-state index in [1.807, 2.05) is 0 Å². The Morgan fingerprint density at radius 2 is 1.33 bits per heavy atom. The van der Waals surface area contributed by atoms with E-state index >= 15 is 0 Å². The van der Waals surface area contributed by atoms with E-state index in [0.29, 0.717) is 0 Å². The normalized spacial score (nSPS) is 4.00. The number of hydrogen-bond donors (Lipinski definition) is 2. The second-order valence-electron chi connectivity index (χ2n) is 0.283. The van der Waals surface area contributed by atoms with Crippen LogP contribution in [0.5, 0.6) is 0 Å². The third-order valence-electron chi connectivity index (χ3n) is 0. The molecule has 3 nitrogen and oxygen atoms in total. The molecule has 0 aliphatic carbocycles. The molecule has 0 aromatic carbocycles. The van der Waals surface area contributed by atoms with E-state index < -0.39 is 6.16 Å². The molecule has 6 heavy (non-hydrogen) atoms. The molecule has 0 heterocycles. The predicted molar refractivity (Wildman–Crippen MR) is 10.7 cm³/mol. The first-order valence-corrected chi connectivity index (χ1v) is 0.651. The van der Waals surface area contributed by atoms with Crippen LogP contribution in [0.4, 0.5) is 4.79 Å². The first-order chi connectivity index (χ1) is 1.73. The zero-order valence-corrected chi connectivity index (χ0v) is 4.42. The molecule has 0 aliphatic rings. The molecule has 0 aromatic rings. The smallest absolute Gasteiger partial charge is 0.450 e. The van der Waals surface area contributed by atoms with Crippen molar-refractivity contribution in [1.82, 2.24) is 0 Å². The van der Waals surface area contributed by atoms with Crippen LogP contribution in [-0.2, 0) is 33.8 Å². The molecule has 0 aromatic heterocycles. The van der Waals surface area contributed by atoms with Crippen molar-refractivity contribution in [3.63, 3.8) is 0 Å². The molecule has 0 rings (SSSR count). The van der Waals surface area contributed by atoms with Crippen molar-refractivity contribution in [2.45, 2.75) is 0 Å². The summed E-state index contributed by atoms with van der Waals surface area (Å²) in [6, 6.07) is 0. The van der Waals surface area contributed by atoms with Gasteiger partial charge in [0, 0.05) is 33.8 Å². The van der Waals surface area contributed by atoms with Gasteiger partial charge >= 0.3 is 6.16 Å². The molecule has 0 atom stereocenters. The Morgan fingerprint density at radius 1 is 1.33 bits per heavy atom. The van der Waals surface area contributed by atoms with Gasteiger partial charge in [0.15, 0.2) is 0 Å². The summed E-state index contributed by atoms with van der Waals surface area (Å²) < 4.78 is 0. The molecule has 0 spiro atoms. The van der Waals surface area contributed by atoms with Crippen LogP contribution in [0.2, 0.25) is 0 Å². The van der Waals surface area contributed by atoms with Crippen molar-refractivity contribution in [3.8, 4) is 0 Å². The Hall–Kier alpha value is 0.296. The molecular formula is CH2CoCuO3. The number of carbonyl (C=O) groups is 1. The zero-order chi connectivity index (χ0) is 3.58. The van der Waals surface area contributed by atoms with Gasteiger partial charge in [-0.1, -0.05) is 0 Å². The van der Waals surface area contributed by atoms with Gasteiger partial charge in [0.25, 0.3) is 0 Å². The Morgan fingerprint density at radius 3 is 1.33 bits per heavy atom. The van der Waals surface area contributed by atoms with Crippen molar-refractivity contribution < 1.29 is 48.9 Å². The molecule has 44 valence electrons. The first-order valence-electron chi connectivity index (χ1n) is 0.651. The third kappa shape index (κ3) is 533. The van der Waals surface area contributed by atoms with E-state index in [2.05, 4.69) is 0 Å². The molecule has 0 amide bonds. The second kappa shape index (κ2) is 9.00.